The van der Waals surface area contributed by atoms with E-state index in [1.807, 2.05) is 17.5 Å². The van der Waals surface area contributed by atoms with E-state index in [4.69, 9.17) is 0 Å². The van der Waals surface area contributed by atoms with Gasteiger partial charge < -0.3 is 0 Å². The highest BCUT2D eigenvalue weighted by Gasteiger charge is 2.19. The molecule has 23 heavy (non-hydrogen) atoms. The van der Waals surface area contributed by atoms with Gasteiger partial charge in [0.1, 0.15) is 0 Å². The number of benzene rings is 1. The van der Waals surface area contributed by atoms with E-state index in [1.54, 1.807) is 13.0 Å². The summed E-state index contributed by atoms with van der Waals surface area (Å²) in [6, 6.07) is 8.22. The second-order valence-electron chi connectivity index (χ2n) is 4.55. The summed E-state index contributed by atoms with van der Waals surface area (Å²) >= 11 is 2.78. The van der Waals surface area contributed by atoms with Gasteiger partial charge in [-0.25, -0.2) is 0 Å². The van der Waals surface area contributed by atoms with Crippen LogP contribution in [0.15, 0.2) is 35.7 Å². The molecule has 7 nitrogen and oxygen atoms in total. The van der Waals surface area contributed by atoms with Crippen LogP contribution in [0.2, 0.25) is 0 Å². The number of rotatable bonds is 4. The Hall–Kier alpha value is -2.65. The monoisotopic (exact) mass is 346 g/mol. The predicted molar refractivity (Wildman–Crippen MR) is 89.0 cm³/mol. The fourth-order valence-electron chi connectivity index (χ4n) is 2.01. The molecular weight excluding hydrogens is 336 g/mol. The maximum Gasteiger partial charge on any atom is 0.273 e. The minimum atomic E-state index is -0.508. The smallest absolute Gasteiger partial charge is 0.273 e. The van der Waals surface area contributed by atoms with E-state index in [0.29, 0.717) is 15.7 Å². The Morgan fingerprint density at radius 3 is 2.78 bits per heavy atom. The van der Waals surface area contributed by atoms with Crippen molar-refractivity contribution in [3.63, 3.8) is 0 Å². The average Bonchev–Trinajstić information content (AvgIpc) is 3.17. The first kappa shape index (κ1) is 15.3. The zero-order chi connectivity index (χ0) is 16.4. The van der Waals surface area contributed by atoms with Gasteiger partial charge in [0.25, 0.3) is 11.6 Å². The fraction of sp³-hybridized carbons (Fsp3) is 0.0714. The molecule has 0 bridgehead atoms. The lowest BCUT2D eigenvalue weighted by atomic mass is 10.1. The van der Waals surface area contributed by atoms with Gasteiger partial charge in [-0.1, -0.05) is 23.5 Å². The van der Waals surface area contributed by atoms with Crippen LogP contribution in [0.1, 0.15) is 15.9 Å². The van der Waals surface area contributed by atoms with E-state index in [0.717, 1.165) is 4.88 Å². The highest BCUT2D eigenvalue weighted by molar-refractivity contribution is 7.23. The number of amides is 1. The van der Waals surface area contributed by atoms with Crippen LogP contribution in [0, 0.1) is 17.0 Å². The first-order valence-corrected chi connectivity index (χ1v) is 8.18. The molecule has 0 aliphatic rings. The molecule has 116 valence electrons. The number of nitrogens with zero attached hydrogens (tertiary/aromatic N) is 3. The third kappa shape index (κ3) is 3.10. The summed E-state index contributed by atoms with van der Waals surface area (Å²) in [6.07, 6.45) is 0. The number of anilines is 1. The van der Waals surface area contributed by atoms with Crippen LogP contribution in [-0.4, -0.2) is 21.0 Å². The van der Waals surface area contributed by atoms with Gasteiger partial charge in [-0.05, 0) is 24.4 Å². The van der Waals surface area contributed by atoms with Crippen LogP contribution in [0.5, 0.6) is 0 Å². The van der Waals surface area contributed by atoms with E-state index in [1.165, 1.54) is 34.8 Å². The molecule has 0 saturated carbocycles. The third-order valence-electron chi connectivity index (χ3n) is 3.12. The van der Waals surface area contributed by atoms with Gasteiger partial charge >= 0.3 is 0 Å². The lowest BCUT2D eigenvalue weighted by Gasteiger charge is -2.05. The normalized spacial score (nSPS) is 10.5. The van der Waals surface area contributed by atoms with Crippen molar-refractivity contribution in [1.29, 1.82) is 0 Å². The summed E-state index contributed by atoms with van der Waals surface area (Å²) in [4.78, 5) is 23.7. The zero-order valence-corrected chi connectivity index (χ0v) is 13.5. The van der Waals surface area contributed by atoms with E-state index in [-0.39, 0.29) is 11.3 Å². The molecule has 0 aliphatic heterocycles. The van der Waals surface area contributed by atoms with E-state index in [9.17, 15) is 14.9 Å². The fourth-order valence-corrected chi connectivity index (χ4v) is 3.54. The first-order chi connectivity index (χ1) is 11.1. The van der Waals surface area contributed by atoms with Gasteiger partial charge in [0.15, 0.2) is 5.01 Å². The molecule has 1 aromatic carbocycles. The molecule has 0 fully saturated rings. The maximum absolute atomic E-state index is 12.3. The van der Waals surface area contributed by atoms with Crippen LogP contribution in [0.3, 0.4) is 0 Å². The van der Waals surface area contributed by atoms with E-state index >= 15 is 0 Å². The molecule has 0 aliphatic carbocycles. The van der Waals surface area contributed by atoms with Crippen LogP contribution >= 0.6 is 22.7 Å². The quantitative estimate of drug-likeness (QED) is 0.573. The minimum Gasteiger partial charge on any atom is -0.296 e. The molecule has 0 atom stereocenters. The summed E-state index contributed by atoms with van der Waals surface area (Å²) in [5, 5.41) is 24.5. The number of nitro groups is 1. The molecule has 0 unspecified atom stereocenters. The average molecular weight is 346 g/mol. The van der Waals surface area contributed by atoms with E-state index in [2.05, 4.69) is 15.5 Å². The van der Waals surface area contributed by atoms with Crippen molar-refractivity contribution < 1.29 is 9.72 Å². The molecular formula is C14H10N4O3S2. The van der Waals surface area contributed by atoms with Gasteiger partial charge in [-0.15, -0.1) is 21.5 Å². The van der Waals surface area contributed by atoms with Gasteiger partial charge in [0, 0.05) is 17.2 Å². The minimum absolute atomic E-state index is 0.0887. The number of hydrogen-bond donors (Lipinski definition) is 1. The number of carbonyl (C=O) groups excluding carboxylic acids is 1. The predicted octanol–water partition coefficient (Wildman–Crippen LogP) is 3.74. The Kier molecular flexibility index (Phi) is 4.13. The topological polar surface area (TPSA) is 98.0 Å². The zero-order valence-electron chi connectivity index (χ0n) is 11.8. The van der Waals surface area contributed by atoms with Crippen LogP contribution in [0.25, 0.3) is 9.88 Å². The van der Waals surface area contributed by atoms with Crippen molar-refractivity contribution in [1.82, 2.24) is 10.2 Å². The molecule has 1 N–H and O–H groups in total. The van der Waals surface area contributed by atoms with Crippen LogP contribution in [-0.2, 0) is 0 Å². The van der Waals surface area contributed by atoms with Crippen LogP contribution in [0.4, 0.5) is 10.8 Å². The van der Waals surface area contributed by atoms with Crippen molar-refractivity contribution in [3.8, 4) is 9.88 Å². The summed E-state index contributed by atoms with van der Waals surface area (Å²) in [5.41, 5.74) is 0.472. The van der Waals surface area contributed by atoms with E-state index < -0.39 is 10.8 Å². The molecule has 0 radical (unpaired) electrons. The van der Waals surface area contributed by atoms with Gasteiger partial charge in [-0.2, -0.15) is 0 Å². The Balaban J connectivity index is 1.83. The molecule has 2 heterocycles. The lowest BCUT2D eigenvalue weighted by molar-refractivity contribution is -0.385. The van der Waals surface area contributed by atoms with Gasteiger partial charge in [0.2, 0.25) is 5.13 Å². The molecule has 9 heteroatoms. The van der Waals surface area contributed by atoms with Crippen molar-refractivity contribution >= 4 is 39.4 Å². The maximum atomic E-state index is 12.3. The van der Waals surface area contributed by atoms with Crippen molar-refractivity contribution in [2.75, 3.05) is 5.32 Å². The van der Waals surface area contributed by atoms with Crippen molar-refractivity contribution in [2.24, 2.45) is 0 Å². The molecule has 2 aromatic heterocycles. The Morgan fingerprint density at radius 2 is 2.09 bits per heavy atom. The lowest BCUT2D eigenvalue weighted by Crippen LogP contribution is -2.14. The molecule has 3 rings (SSSR count). The second kappa shape index (κ2) is 6.23. The van der Waals surface area contributed by atoms with Crippen molar-refractivity contribution in [3.05, 3.63) is 57.0 Å². The SMILES string of the molecule is Cc1c(C(=O)Nc2nnc(-c3cccs3)s2)cccc1[N+](=O)[O-]. The number of nitro benzene ring substituents is 1. The summed E-state index contributed by atoms with van der Waals surface area (Å²) < 4.78 is 0. The largest absolute Gasteiger partial charge is 0.296 e. The van der Waals surface area contributed by atoms with Crippen molar-refractivity contribution in [2.45, 2.75) is 6.92 Å². The molecule has 1 amide bonds. The summed E-state index contributed by atoms with van der Waals surface area (Å²) in [6.45, 7) is 1.55. The number of aromatic nitrogens is 2. The number of hydrogen-bond acceptors (Lipinski definition) is 7. The number of nitrogens with one attached hydrogen (secondary N) is 1. The highest BCUT2D eigenvalue weighted by Crippen LogP contribution is 2.30. The molecule has 0 spiro atoms. The van der Waals surface area contributed by atoms with Crippen LogP contribution < -0.4 is 5.32 Å². The second-order valence-corrected chi connectivity index (χ2v) is 6.48. The Bertz CT molecular complexity index is 874. The number of thiophene rings is 1. The number of carbonyl (C=O) groups is 1. The van der Waals surface area contributed by atoms with Gasteiger partial charge in [-0.3, -0.25) is 20.2 Å². The first-order valence-electron chi connectivity index (χ1n) is 6.49. The summed E-state index contributed by atoms with van der Waals surface area (Å²) in [5.74, 6) is -0.444. The molecule has 3 aromatic rings. The van der Waals surface area contributed by atoms with Gasteiger partial charge in [0.05, 0.1) is 9.80 Å². The highest BCUT2D eigenvalue weighted by atomic mass is 32.1. The Morgan fingerprint density at radius 1 is 1.26 bits per heavy atom. The molecule has 0 saturated heterocycles. The summed E-state index contributed by atoms with van der Waals surface area (Å²) in [7, 11) is 0. The standard InChI is InChI=1S/C14H10N4O3S2/c1-8-9(4-2-5-10(8)18(20)21)12(19)15-14-17-16-13(23-14)11-6-3-7-22-11/h2-7H,1H3,(H,15,17,19). The Labute approximate surface area is 138 Å². The third-order valence-corrected chi connectivity index (χ3v) is 5.00.